The van der Waals surface area contributed by atoms with Gasteiger partial charge in [-0.15, -0.1) is 0 Å². The minimum atomic E-state index is -0.981. The van der Waals surface area contributed by atoms with Crippen molar-refractivity contribution in [3.63, 3.8) is 0 Å². The monoisotopic (exact) mass is 428 g/mol. The second-order valence-corrected chi connectivity index (χ2v) is 7.80. The van der Waals surface area contributed by atoms with Crippen LogP contribution in [0.5, 0.6) is 11.5 Å². The molecular formula is C24H14ClFN4O. The zero-order valence-corrected chi connectivity index (χ0v) is 16.8. The number of benzene rings is 2. The fourth-order valence-corrected chi connectivity index (χ4v) is 4.61. The van der Waals surface area contributed by atoms with E-state index in [1.165, 1.54) is 6.20 Å². The van der Waals surface area contributed by atoms with Crippen molar-refractivity contribution in [3.05, 3.63) is 106 Å². The van der Waals surface area contributed by atoms with E-state index in [2.05, 4.69) is 9.97 Å². The van der Waals surface area contributed by atoms with Crippen molar-refractivity contribution in [3.8, 4) is 22.6 Å². The molecule has 6 rings (SSSR count). The number of amidine groups is 1. The number of aromatic nitrogens is 2. The van der Waals surface area contributed by atoms with E-state index in [0.717, 1.165) is 22.3 Å². The van der Waals surface area contributed by atoms with Gasteiger partial charge in [0.15, 0.2) is 5.75 Å². The van der Waals surface area contributed by atoms with Gasteiger partial charge in [-0.1, -0.05) is 41.9 Å². The van der Waals surface area contributed by atoms with E-state index < -0.39 is 11.5 Å². The standard InChI is InChI=1S/C24H14ClFN4O/c25-21-11-18-20(12-29-21)31-19-8-7-13(14-5-3-9-28-22(14)26)10-17(19)24(18)16-6-2-1-4-15(16)23(27)30-24/h1-12H,(H2,27,30). The van der Waals surface area contributed by atoms with Crippen molar-refractivity contribution >= 4 is 17.4 Å². The first-order valence-corrected chi connectivity index (χ1v) is 10.0. The smallest absolute Gasteiger partial charge is 0.220 e. The molecule has 4 heterocycles. The predicted molar refractivity (Wildman–Crippen MR) is 116 cm³/mol. The van der Waals surface area contributed by atoms with Crippen LogP contribution >= 0.6 is 11.6 Å². The van der Waals surface area contributed by atoms with Crippen molar-refractivity contribution in [1.82, 2.24) is 9.97 Å². The number of hydrogen-bond acceptors (Lipinski definition) is 5. The van der Waals surface area contributed by atoms with Crippen LogP contribution in [0, 0.1) is 5.95 Å². The van der Waals surface area contributed by atoms with Crippen LogP contribution in [0.15, 0.2) is 78.0 Å². The second-order valence-electron chi connectivity index (χ2n) is 7.41. The summed E-state index contributed by atoms with van der Waals surface area (Å²) < 4.78 is 20.6. The summed E-state index contributed by atoms with van der Waals surface area (Å²) in [7, 11) is 0. The molecule has 0 radical (unpaired) electrons. The molecule has 0 saturated carbocycles. The number of hydrogen-bond donors (Lipinski definition) is 1. The molecule has 2 aliphatic heterocycles. The summed E-state index contributed by atoms with van der Waals surface area (Å²) in [4.78, 5) is 12.9. The molecule has 4 aromatic rings. The zero-order chi connectivity index (χ0) is 21.2. The van der Waals surface area contributed by atoms with Crippen LogP contribution in [0.1, 0.15) is 22.3 Å². The van der Waals surface area contributed by atoms with Crippen molar-refractivity contribution < 1.29 is 9.13 Å². The Morgan fingerprint density at radius 2 is 1.68 bits per heavy atom. The first kappa shape index (κ1) is 18.0. The highest BCUT2D eigenvalue weighted by molar-refractivity contribution is 6.29. The van der Waals surface area contributed by atoms with Crippen molar-refractivity contribution in [2.24, 2.45) is 10.7 Å². The second kappa shape index (κ2) is 6.36. The van der Waals surface area contributed by atoms with Gasteiger partial charge in [0.2, 0.25) is 5.95 Å². The van der Waals surface area contributed by atoms with Gasteiger partial charge in [-0.05, 0) is 41.5 Å². The van der Waals surface area contributed by atoms with Crippen LogP contribution in [0.4, 0.5) is 4.39 Å². The number of fused-ring (bicyclic) bond motifs is 6. The molecule has 0 aliphatic carbocycles. The van der Waals surface area contributed by atoms with Gasteiger partial charge < -0.3 is 10.5 Å². The lowest BCUT2D eigenvalue weighted by Gasteiger charge is -2.36. The molecule has 0 amide bonds. The highest BCUT2D eigenvalue weighted by atomic mass is 35.5. The van der Waals surface area contributed by atoms with Gasteiger partial charge in [0.1, 0.15) is 22.3 Å². The summed E-state index contributed by atoms with van der Waals surface area (Å²) in [6.45, 7) is 0. The molecule has 1 atom stereocenters. The Balaban J connectivity index is 1.70. The molecule has 150 valence electrons. The lowest BCUT2D eigenvalue weighted by Crippen LogP contribution is -2.29. The number of nitrogens with zero attached hydrogens (tertiary/aromatic N) is 3. The van der Waals surface area contributed by atoms with E-state index in [9.17, 15) is 4.39 Å². The van der Waals surface area contributed by atoms with Gasteiger partial charge in [0.05, 0.1) is 6.20 Å². The third-order valence-corrected chi connectivity index (χ3v) is 5.97. The molecule has 2 aromatic carbocycles. The Kier molecular flexibility index (Phi) is 3.70. The molecule has 5 nitrogen and oxygen atoms in total. The maximum Gasteiger partial charge on any atom is 0.220 e. The molecule has 2 aromatic heterocycles. The lowest BCUT2D eigenvalue weighted by atomic mass is 9.75. The third-order valence-electron chi connectivity index (χ3n) is 5.76. The lowest BCUT2D eigenvalue weighted by molar-refractivity contribution is 0.422. The molecule has 0 fully saturated rings. The highest BCUT2D eigenvalue weighted by Gasteiger charge is 2.49. The van der Waals surface area contributed by atoms with E-state index in [4.69, 9.17) is 27.1 Å². The number of nitrogens with two attached hydrogens (primary N) is 1. The fourth-order valence-electron chi connectivity index (χ4n) is 4.45. The van der Waals surface area contributed by atoms with Crippen LogP contribution in [0.25, 0.3) is 11.1 Å². The van der Waals surface area contributed by atoms with Gasteiger partial charge in [0, 0.05) is 28.5 Å². The van der Waals surface area contributed by atoms with Crippen LogP contribution in [-0.2, 0) is 5.54 Å². The van der Waals surface area contributed by atoms with Crippen LogP contribution in [0.2, 0.25) is 5.15 Å². The molecule has 2 aliphatic rings. The molecule has 0 saturated heterocycles. The van der Waals surface area contributed by atoms with Gasteiger partial charge in [0.25, 0.3) is 0 Å². The quantitative estimate of drug-likeness (QED) is 0.430. The average Bonchev–Trinajstić information content (AvgIpc) is 3.08. The molecule has 1 unspecified atom stereocenters. The van der Waals surface area contributed by atoms with Gasteiger partial charge >= 0.3 is 0 Å². The van der Waals surface area contributed by atoms with E-state index in [1.54, 1.807) is 30.5 Å². The topological polar surface area (TPSA) is 73.4 Å². The number of ether oxygens (including phenoxy) is 1. The zero-order valence-electron chi connectivity index (χ0n) is 16.0. The van der Waals surface area contributed by atoms with Gasteiger partial charge in [-0.25, -0.2) is 15.0 Å². The Morgan fingerprint density at radius 1 is 0.871 bits per heavy atom. The van der Waals surface area contributed by atoms with Crippen molar-refractivity contribution in [2.45, 2.75) is 5.54 Å². The molecule has 31 heavy (non-hydrogen) atoms. The first-order chi connectivity index (χ1) is 15.1. The maximum absolute atomic E-state index is 14.5. The summed E-state index contributed by atoms with van der Waals surface area (Å²) in [5, 5.41) is 0.317. The Labute approximate surface area is 182 Å². The largest absolute Gasteiger partial charge is 0.455 e. The SMILES string of the molecule is NC1=NC2(c3cc(-c4cccnc4F)ccc3Oc3cnc(Cl)cc32)c2ccccc21. The predicted octanol–water partition coefficient (Wildman–Crippen LogP) is 5.05. The summed E-state index contributed by atoms with van der Waals surface area (Å²) in [5.74, 6) is 1.01. The minimum Gasteiger partial charge on any atom is -0.455 e. The Hall–Kier alpha value is -3.77. The van der Waals surface area contributed by atoms with E-state index in [0.29, 0.717) is 33.6 Å². The minimum absolute atomic E-state index is 0.317. The summed E-state index contributed by atoms with van der Waals surface area (Å²) in [6.07, 6.45) is 3.01. The summed E-state index contributed by atoms with van der Waals surface area (Å²) in [5.41, 5.74) is 9.67. The van der Waals surface area contributed by atoms with Crippen molar-refractivity contribution in [2.75, 3.05) is 0 Å². The first-order valence-electron chi connectivity index (χ1n) is 9.62. The number of pyridine rings is 2. The van der Waals surface area contributed by atoms with Crippen LogP contribution < -0.4 is 10.5 Å². The van der Waals surface area contributed by atoms with Crippen molar-refractivity contribution in [1.29, 1.82) is 0 Å². The summed E-state index contributed by atoms with van der Waals surface area (Å²) in [6, 6.07) is 18.4. The third kappa shape index (κ3) is 2.45. The Bertz CT molecular complexity index is 1420. The van der Waals surface area contributed by atoms with Crippen LogP contribution in [-0.4, -0.2) is 15.8 Å². The van der Waals surface area contributed by atoms with E-state index in [-0.39, 0.29) is 0 Å². The molecule has 2 N–H and O–H groups in total. The van der Waals surface area contributed by atoms with Gasteiger partial charge in [-0.2, -0.15) is 4.39 Å². The summed E-state index contributed by atoms with van der Waals surface area (Å²) >= 11 is 6.27. The fraction of sp³-hybridized carbons (Fsp3) is 0.0417. The average molecular weight is 429 g/mol. The highest BCUT2D eigenvalue weighted by Crippen LogP contribution is 2.56. The molecule has 7 heteroatoms. The normalized spacial score (nSPS) is 18.1. The number of halogens is 2. The number of aliphatic imine (C=N–C) groups is 1. The Morgan fingerprint density at radius 3 is 2.55 bits per heavy atom. The van der Waals surface area contributed by atoms with Crippen LogP contribution in [0.3, 0.4) is 0 Å². The number of rotatable bonds is 1. The maximum atomic E-state index is 14.5. The molecule has 0 bridgehead atoms. The molecule has 1 spiro atoms. The van der Waals surface area contributed by atoms with E-state index >= 15 is 0 Å². The van der Waals surface area contributed by atoms with E-state index in [1.807, 2.05) is 36.4 Å². The van der Waals surface area contributed by atoms with Gasteiger partial charge in [-0.3, -0.25) is 0 Å². The molecular weight excluding hydrogens is 415 g/mol.